The minimum Gasteiger partial charge on any atom is -0.322 e. The van der Waals surface area contributed by atoms with Gasteiger partial charge < -0.3 is 4.90 Å². The molecular weight excluding hydrogens is 224 g/mol. The molecule has 0 aromatic rings. The predicted molar refractivity (Wildman–Crippen MR) is 72.0 cm³/mol. The molecule has 18 heavy (non-hydrogen) atoms. The molecule has 1 spiro atoms. The maximum atomic E-state index is 12.7. The maximum absolute atomic E-state index is 12.7. The monoisotopic (exact) mass is 250 g/mol. The van der Waals surface area contributed by atoms with Crippen molar-refractivity contribution in [2.45, 2.75) is 77.0 Å². The lowest BCUT2D eigenvalue weighted by atomic mass is 9.96. The lowest BCUT2D eigenvalue weighted by molar-refractivity contribution is -0.133. The predicted octanol–water partition coefficient (Wildman–Crippen LogP) is 2.51. The van der Waals surface area contributed by atoms with Crippen LogP contribution in [0.15, 0.2) is 0 Å². The van der Waals surface area contributed by atoms with Crippen molar-refractivity contribution in [1.82, 2.24) is 10.2 Å². The van der Waals surface area contributed by atoms with E-state index in [2.05, 4.69) is 31.0 Å². The third kappa shape index (κ3) is 1.70. The van der Waals surface area contributed by atoms with Gasteiger partial charge in [-0.1, -0.05) is 27.2 Å². The molecule has 1 heterocycles. The second kappa shape index (κ2) is 4.22. The van der Waals surface area contributed by atoms with Gasteiger partial charge in [-0.15, -0.1) is 0 Å². The van der Waals surface area contributed by atoms with E-state index < -0.39 is 0 Å². The number of carbonyl (C=O) groups is 1. The second-order valence-electron chi connectivity index (χ2n) is 6.72. The van der Waals surface area contributed by atoms with Crippen LogP contribution in [0.2, 0.25) is 0 Å². The summed E-state index contributed by atoms with van der Waals surface area (Å²) in [5, 5.41) is 3.63. The van der Waals surface area contributed by atoms with Crippen molar-refractivity contribution in [1.29, 1.82) is 0 Å². The van der Waals surface area contributed by atoms with Crippen LogP contribution in [-0.4, -0.2) is 28.6 Å². The Morgan fingerprint density at radius 3 is 2.56 bits per heavy atom. The van der Waals surface area contributed by atoms with Crippen molar-refractivity contribution in [3.63, 3.8) is 0 Å². The van der Waals surface area contributed by atoms with E-state index in [9.17, 15) is 4.79 Å². The summed E-state index contributed by atoms with van der Waals surface area (Å²) in [7, 11) is 0. The smallest absolute Gasteiger partial charge is 0.244 e. The molecule has 2 saturated carbocycles. The molecule has 0 aromatic heterocycles. The first-order valence-electron chi connectivity index (χ1n) is 7.69. The Morgan fingerprint density at radius 1 is 1.33 bits per heavy atom. The summed E-state index contributed by atoms with van der Waals surface area (Å²) in [6.45, 7) is 6.87. The first kappa shape index (κ1) is 12.5. The van der Waals surface area contributed by atoms with Crippen molar-refractivity contribution >= 4 is 5.91 Å². The Kier molecular flexibility index (Phi) is 2.92. The molecular formula is C15H26N2O. The van der Waals surface area contributed by atoms with Crippen molar-refractivity contribution < 1.29 is 4.79 Å². The largest absolute Gasteiger partial charge is 0.322 e. The van der Waals surface area contributed by atoms with Crippen LogP contribution in [0.25, 0.3) is 0 Å². The third-order valence-corrected chi connectivity index (χ3v) is 5.51. The van der Waals surface area contributed by atoms with Crippen LogP contribution in [0.1, 0.15) is 59.3 Å². The van der Waals surface area contributed by atoms with Crippen molar-refractivity contribution in [3.05, 3.63) is 0 Å². The van der Waals surface area contributed by atoms with Crippen LogP contribution in [-0.2, 0) is 4.79 Å². The van der Waals surface area contributed by atoms with E-state index >= 15 is 0 Å². The van der Waals surface area contributed by atoms with Gasteiger partial charge >= 0.3 is 0 Å². The third-order valence-electron chi connectivity index (χ3n) is 5.51. The number of nitrogens with zero attached hydrogens (tertiary/aromatic N) is 1. The number of carbonyl (C=O) groups excluding carboxylic acids is 1. The lowest BCUT2D eigenvalue weighted by Crippen LogP contribution is -2.46. The Labute approximate surface area is 110 Å². The summed E-state index contributed by atoms with van der Waals surface area (Å²) >= 11 is 0. The Balaban J connectivity index is 1.81. The Morgan fingerprint density at radius 2 is 2.06 bits per heavy atom. The number of hydrogen-bond donors (Lipinski definition) is 1. The van der Waals surface area contributed by atoms with E-state index in [-0.39, 0.29) is 5.54 Å². The molecule has 3 nitrogen and oxygen atoms in total. The van der Waals surface area contributed by atoms with Gasteiger partial charge in [0.05, 0.1) is 11.7 Å². The van der Waals surface area contributed by atoms with Gasteiger partial charge in [-0.3, -0.25) is 10.1 Å². The van der Waals surface area contributed by atoms with E-state index in [1.54, 1.807) is 0 Å². The van der Waals surface area contributed by atoms with Crippen LogP contribution in [0, 0.1) is 11.8 Å². The van der Waals surface area contributed by atoms with Gasteiger partial charge in [0.15, 0.2) is 0 Å². The van der Waals surface area contributed by atoms with Gasteiger partial charge in [0, 0.05) is 6.04 Å². The first-order chi connectivity index (χ1) is 8.59. The normalized spacial score (nSPS) is 41.9. The fraction of sp³-hybridized carbons (Fsp3) is 0.933. The van der Waals surface area contributed by atoms with Gasteiger partial charge in [-0.05, 0) is 43.9 Å². The average Bonchev–Trinajstić information content (AvgIpc) is 2.99. The molecule has 1 aliphatic heterocycles. The van der Waals surface area contributed by atoms with Crippen LogP contribution >= 0.6 is 0 Å². The molecule has 102 valence electrons. The molecule has 0 aromatic carbocycles. The van der Waals surface area contributed by atoms with Crippen LogP contribution in [0.4, 0.5) is 0 Å². The van der Waals surface area contributed by atoms with E-state index in [4.69, 9.17) is 0 Å². The molecule has 1 amide bonds. The van der Waals surface area contributed by atoms with Crippen LogP contribution in [0.5, 0.6) is 0 Å². The molecule has 1 N–H and O–H groups in total. The van der Waals surface area contributed by atoms with Crippen molar-refractivity contribution in [2.75, 3.05) is 0 Å². The van der Waals surface area contributed by atoms with Crippen molar-refractivity contribution in [2.24, 2.45) is 11.8 Å². The molecule has 4 atom stereocenters. The Bertz CT molecular complexity index is 350. The average molecular weight is 250 g/mol. The number of rotatable bonds is 3. The molecule has 3 aliphatic rings. The highest BCUT2D eigenvalue weighted by Gasteiger charge is 2.60. The van der Waals surface area contributed by atoms with E-state index in [0.717, 1.165) is 31.6 Å². The summed E-state index contributed by atoms with van der Waals surface area (Å²) in [5.41, 5.74) is -0.134. The molecule has 0 radical (unpaired) electrons. The summed E-state index contributed by atoms with van der Waals surface area (Å²) in [5.74, 6) is 1.83. The van der Waals surface area contributed by atoms with Gasteiger partial charge in [0.25, 0.3) is 0 Å². The van der Waals surface area contributed by atoms with Crippen molar-refractivity contribution in [3.8, 4) is 0 Å². The minimum absolute atomic E-state index is 0.134. The Hall–Kier alpha value is -0.570. The minimum atomic E-state index is -0.134. The summed E-state index contributed by atoms with van der Waals surface area (Å²) in [6.07, 6.45) is 7.15. The van der Waals surface area contributed by atoms with Gasteiger partial charge in [-0.2, -0.15) is 0 Å². The fourth-order valence-electron chi connectivity index (χ4n) is 3.92. The summed E-state index contributed by atoms with van der Waals surface area (Å²) in [6, 6.07) is 0.483. The molecule has 4 unspecified atom stereocenters. The zero-order valence-corrected chi connectivity index (χ0v) is 11.9. The van der Waals surface area contributed by atoms with Crippen LogP contribution < -0.4 is 5.32 Å². The van der Waals surface area contributed by atoms with E-state index in [1.165, 1.54) is 12.8 Å². The summed E-state index contributed by atoms with van der Waals surface area (Å²) < 4.78 is 0. The lowest BCUT2D eigenvalue weighted by Gasteiger charge is -2.33. The second-order valence-corrected chi connectivity index (χ2v) is 6.72. The number of amides is 1. The van der Waals surface area contributed by atoms with E-state index in [0.29, 0.717) is 24.0 Å². The highest BCUT2D eigenvalue weighted by molar-refractivity contribution is 5.92. The first-order valence-corrected chi connectivity index (χ1v) is 7.69. The highest BCUT2D eigenvalue weighted by atomic mass is 16.2. The number of hydrogen-bond acceptors (Lipinski definition) is 2. The van der Waals surface area contributed by atoms with E-state index in [1.807, 2.05) is 0 Å². The summed E-state index contributed by atoms with van der Waals surface area (Å²) in [4.78, 5) is 14.9. The quantitative estimate of drug-likeness (QED) is 0.834. The maximum Gasteiger partial charge on any atom is 0.244 e. The number of nitrogens with one attached hydrogen (secondary N) is 1. The molecule has 0 bridgehead atoms. The topological polar surface area (TPSA) is 32.3 Å². The zero-order valence-electron chi connectivity index (χ0n) is 11.9. The highest BCUT2D eigenvalue weighted by Crippen LogP contribution is 2.46. The molecule has 1 saturated heterocycles. The zero-order chi connectivity index (χ0) is 12.9. The molecule has 3 fully saturated rings. The standard InChI is InChI=1S/C15H26N2O/c1-4-5-13-16-15(8-9-15)14(18)17(13)12-7-6-10(2)11(12)3/h10-13,16H,4-9H2,1-3H3. The van der Waals surface area contributed by atoms with Gasteiger partial charge in [-0.25, -0.2) is 0 Å². The molecule has 3 rings (SSSR count). The SMILES string of the molecule is CCCC1NC2(CC2)C(=O)N1C1CCC(C)C1C. The van der Waals surface area contributed by atoms with Gasteiger partial charge in [0.2, 0.25) is 5.91 Å². The van der Waals surface area contributed by atoms with Gasteiger partial charge in [0.1, 0.15) is 0 Å². The fourth-order valence-corrected chi connectivity index (χ4v) is 3.92. The van der Waals surface area contributed by atoms with Crippen LogP contribution in [0.3, 0.4) is 0 Å². The molecule has 3 heteroatoms. The molecule has 2 aliphatic carbocycles.